The van der Waals surface area contributed by atoms with Crippen LogP contribution in [0.2, 0.25) is 0 Å². The van der Waals surface area contributed by atoms with Crippen LogP contribution in [0.5, 0.6) is 0 Å². The normalized spacial score (nSPS) is 22.7. The molecule has 1 saturated heterocycles. The summed E-state index contributed by atoms with van der Waals surface area (Å²) in [5, 5.41) is 0.878. The van der Waals surface area contributed by atoms with E-state index in [9.17, 15) is 13.6 Å². The Bertz CT molecular complexity index is 681. The van der Waals surface area contributed by atoms with Gasteiger partial charge in [-0.3, -0.25) is 4.79 Å². The predicted octanol–water partition coefficient (Wildman–Crippen LogP) is 3.69. The quantitative estimate of drug-likeness (QED) is 0.802. The largest absolute Gasteiger partial charge is 0.451 e. The number of piperidine rings is 1. The van der Waals surface area contributed by atoms with E-state index in [-0.39, 0.29) is 18.1 Å². The molecule has 4 rings (SSSR count). The number of hydrogen-bond donors (Lipinski definition) is 0. The molecule has 2 fully saturated rings. The summed E-state index contributed by atoms with van der Waals surface area (Å²) < 4.78 is 32.2. The molecule has 3 nitrogen and oxygen atoms in total. The van der Waals surface area contributed by atoms with E-state index in [2.05, 4.69) is 0 Å². The van der Waals surface area contributed by atoms with Crippen molar-refractivity contribution in [3.63, 3.8) is 0 Å². The van der Waals surface area contributed by atoms with Crippen molar-refractivity contribution >= 4 is 16.9 Å². The number of hydrogen-bond acceptors (Lipinski definition) is 2. The molecule has 0 bridgehead atoms. The molecule has 1 saturated carbocycles. The third-order valence-electron chi connectivity index (χ3n) is 4.86. The van der Waals surface area contributed by atoms with Gasteiger partial charge in [-0.05, 0) is 25.0 Å². The standard InChI is InChI=1S/C16H15F2NO2/c17-16(18)10-15(16)5-7-19(8-6-15)14(20)13-9-11-3-1-2-4-12(11)21-13/h1-4,9H,5-8,10H2. The fourth-order valence-electron chi connectivity index (χ4n) is 3.30. The molecule has 1 spiro atoms. The maximum Gasteiger partial charge on any atom is 0.289 e. The number of nitrogens with zero attached hydrogens (tertiary/aromatic N) is 1. The lowest BCUT2D eigenvalue weighted by atomic mass is 9.93. The zero-order chi connectivity index (χ0) is 14.7. The van der Waals surface area contributed by atoms with Gasteiger partial charge in [0.25, 0.3) is 11.8 Å². The molecule has 0 atom stereocenters. The van der Waals surface area contributed by atoms with Gasteiger partial charge in [0.2, 0.25) is 0 Å². The van der Waals surface area contributed by atoms with E-state index >= 15 is 0 Å². The second-order valence-electron chi connectivity index (χ2n) is 6.10. The number of alkyl halides is 2. The maximum atomic E-state index is 13.3. The van der Waals surface area contributed by atoms with Gasteiger partial charge in [-0.2, -0.15) is 0 Å². The van der Waals surface area contributed by atoms with E-state index in [1.807, 2.05) is 24.3 Å². The fourth-order valence-corrected chi connectivity index (χ4v) is 3.30. The fraction of sp³-hybridized carbons (Fsp3) is 0.438. The van der Waals surface area contributed by atoms with Crippen LogP contribution in [0.3, 0.4) is 0 Å². The first-order chi connectivity index (χ1) is 10.0. The zero-order valence-electron chi connectivity index (χ0n) is 11.4. The molecule has 1 aliphatic heterocycles. The lowest BCUT2D eigenvalue weighted by molar-refractivity contribution is 0.0275. The molecule has 1 aromatic carbocycles. The van der Waals surface area contributed by atoms with Gasteiger partial charge in [0.15, 0.2) is 5.76 Å². The zero-order valence-corrected chi connectivity index (χ0v) is 11.4. The van der Waals surface area contributed by atoms with Crippen LogP contribution in [-0.2, 0) is 0 Å². The van der Waals surface area contributed by atoms with Gasteiger partial charge < -0.3 is 9.32 Å². The van der Waals surface area contributed by atoms with Gasteiger partial charge in [-0.15, -0.1) is 0 Å². The molecule has 1 amide bonds. The molecule has 1 aromatic heterocycles. The van der Waals surface area contributed by atoms with E-state index in [0.717, 1.165) is 5.39 Å². The van der Waals surface area contributed by atoms with Crippen molar-refractivity contribution in [3.8, 4) is 0 Å². The van der Waals surface area contributed by atoms with Gasteiger partial charge in [-0.25, -0.2) is 8.78 Å². The highest BCUT2D eigenvalue weighted by Crippen LogP contribution is 2.65. The molecule has 2 aromatic rings. The highest BCUT2D eigenvalue weighted by molar-refractivity contribution is 5.96. The number of carbonyl (C=O) groups is 1. The van der Waals surface area contributed by atoms with Crippen LogP contribution in [0, 0.1) is 5.41 Å². The van der Waals surface area contributed by atoms with Crippen molar-refractivity contribution in [1.29, 1.82) is 0 Å². The van der Waals surface area contributed by atoms with Crippen LogP contribution in [0.25, 0.3) is 11.0 Å². The summed E-state index contributed by atoms with van der Waals surface area (Å²) in [7, 11) is 0. The Morgan fingerprint density at radius 1 is 1.19 bits per heavy atom. The third kappa shape index (κ3) is 1.87. The summed E-state index contributed by atoms with van der Waals surface area (Å²) in [4.78, 5) is 14.0. The van der Waals surface area contributed by atoms with E-state index in [0.29, 0.717) is 31.5 Å². The van der Waals surface area contributed by atoms with E-state index in [1.165, 1.54) is 0 Å². The van der Waals surface area contributed by atoms with Gasteiger partial charge in [0.05, 0.1) is 0 Å². The van der Waals surface area contributed by atoms with Crippen molar-refractivity contribution in [1.82, 2.24) is 4.90 Å². The Labute approximate surface area is 120 Å². The van der Waals surface area contributed by atoms with Gasteiger partial charge in [0.1, 0.15) is 5.58 Å². The highest BCUT2D eigenvalue weighted by atomic mass is 19.3. The number of furan rings is 1. The maximum absolute atomic E-state index is 13.3. The number of amides is 1. The molecule has 0 N–H and O–H groups in total. The Balaban J connectivity index is 1.51. The summed E-state index contributed by atoms with van der Waals surface area (Å²) in [6.07, 6.45) is 0.741. The second-order valence-corrected chi connectivity index (χ2v) is 6.10. The molecule has 1 aliphatic carbocycles. The van der Waals surface area contributed by atoms with Crippen LogP contribution in [-0.4, -0.2) is 29.8 Å². The smallest absolute Gasteiger partial charge is 0.289 e. The Morgan fingerprint density at radius 3 is 2.48 bits per heavy atom. The van der Waals surface area contributed by atoms with Crippen LogP contribution < -0.4 is 0 Å². The number of para-hydroxylation sites is 1. The van der Waals surface area contributed by atoms with Crippen molar-refractivity contribution in [2.75, 3.05) is 13.1 Å². The summed E-state index contributed by atoms with van der Waals surface area (Å²) in [5.74, 6) is -2.44. The molecule has 0 unspecified atom stereocenters. The average Bonchev–Trinajstić information content (AvgIpc) is 2.86. The predicted molar refractivity (Wildman–Crippen MR) is 73.3 cm³/mol. The van der Waals surface area contributed by atoms with Crippen molar-refractivity contribution < 1.29 is 18.0 Å². The minimum atomic E-state index is -2.53. The van der Waals surface area contributed by atoms with E-state index in [4.69, 9.17) is 4.42 Å². The van der Waals surface area contributed by atoms with Gasteiger partial charge >= 0.3 is 0 Å². The Morgan fingerprint density at radius 2 is 1.86 bits per heavy atom. The van der Waals surface area contributed by atoms with E-state index < -0.39 is 11.3 Å². The third-order valence-corrected chi connectivity index (χ3v) is 4.86. The molecule has 21 heavy (non-hydrogen) atoms. The summed E-state index contributed by atoms with van der Waals surface area (Å²) >= 11 is 0. The van der Waals surface area contributed by atoms with Gasteiger partial charge in [-0.1, -0.05) is 18.2 Å². The second kappa shape index (κ2) is 4.06. The number of fused-ring (bicyclic) bond motifs is 1. The molecule has 5 heteroatoms. The Kier molecular flexibility index (Phi) is 2.47. The minimum Gasteiger partial charge on any atom is -0.451 e. The number of carbonyl (C=O) groups excluding carboxylic acids is 1. The van der Waals surface area contributed by atoms with Crippen LogP contribution in [0.1, 0.15) is 29.8 Å². The number of halogens is 2. The molecular formula is C16H15F2NO2. The number of likely N-dealkylation sites (tertiary alicyclic amines) is 1. The first-order valence-corrected chi connectivity index (χ1v) is 7.17. The molecular weight excluding hydrogens is 276 g/mol. The van der Waals surface area contributed by atoms with Crippen LogP contribution >= 0.6 is 0 Å². The van der Waals surface area contributed by atoms with Crippen molar-refractivity contribution in [2.45, 2.75) is 25.2 Å². The highest BCUT2D eigenvalue weighted by Gasteiger charge is 2.70. The average molecular weight is 291 g/mol. The summed E-state index contributed by atoms with van der Waals surface area (Å²) in [5.41, 5.74) is -0.166. The number of rotatable bonds is 1. The first kappa shape index (κ1) is 12.8. The van der Waals surface area contributed by atoms with Crippen molar-refractivity contribution in [2.24, 2.45) is 5.41 Å². The molecule has 2 aliphatic rings. The number of benzene rings is 1. The van der Waals surface area contributed by atoms with Crippen LogP contribution in [0.4, 0.5) is 8.78 Å². The molecule has 0 radical (unpaired) electrons. The molecule has 2 heterocycles. The van der Waals surface area contributed by atoms with Crippen LogP contribution in [0.15, 0.2) is 34.7 Å². The van der Waals surface area contributed by atoms with E-state index in [1.54, 1.807) is 11.0 Å². The Hall–Kier alpha value is -1.91. The monoisotopic (exact) mass is 291 g/mol. The summed E-state index contributed by atoms with van der Waals surface area (Å²) in [6.45, 7) is 0.761. The minimum absolute atomic E-state index is 0.0212. The van der Waals surface area contributed by atoms with Gasteiger partial charge in [0, 0.05) is 30.3 Å². The first-order valence-electron chi connectivity index (χ1n) is 7.17. The lowest BCUT2D eigenvalue weighted by Gasteiger charge is -2.31. The SMILES string of the molecule is O=C(c1cc2ccccc2o1)N1CCC2(CC1)CC2(F)F. The topological polar surface area (TPSA) is 33.5 Å². The van der Waals surface area contributed by atoms with Crippen molar-refractivity contribution in [3.05, 3.63) is 36.1 Å². The molecule has 110 valence electrons. The summed E-state index contributed by atoms with van der Waals surface area (Å²) in [6, 6.07) is 9.13. The lowest BCUT2D eigenvalue weighted by Crippen LogP contribution is -2.40.